The second-order valence-electron chi connectivity index (χ2n) is 8.86. The molecule has 0 saturated carbocycles. The largest absolute Gasteiger partial charge is 0.497 e. The molecule has 1 amide bonds. The number of rotatable bonds is 7. The van der Waals surface area contributed by atoms with Crippen molar-refractivity contribution in [3.63, 3.8) is 0 Å². The number of carbonyl (C=O) groups is 1. The molecule has 202 valence electrons. The van der Waals surface area contributed by atoms with Gasteiger partial charge in [-0.3, -0.25) is 24.3 Å². The Morgan fingerprint density at radius 3 is 2.45 bits per heavy atom. The van der Waals surface area contributed by atoms with Crippen LogP contribution >= 0.6 is 11.3 Å². The van der Waals surface area contributed by atoms with Gasteiger partial charge >= 0.3 is 0 Å². The number of nitro benzene ring substituents is 1. The maximum atomic E-state index is 13.9. The van der Waals surface area contributed by atoms with Crippen LogP contribution < -0.4 is 29.7 Å². The monoisotopic (exact) mass is 556 g/mol. The highest BCUT2D eigenvalue weighted by Crippen LogP contribution is 2.37. The molecule has 0 aliphatic carbocycles. The van der Waals surface area contributed by atoms with Crippen molar-refractivity contribution in [2.24, 2.45) is 4.99 Å². The van der Waals surface area contributed by atoms with Crippen LogP contribution in [-0.2, 0) is 4.79 Å². The first-order valence-corrected chi connectivity index (χ1v) is 13.0. The van der Waals surface area contributed by atoms with Crippen molar-refractivity contribution in [2.45, 2.75) is 13.0 Å². The lowest BCUT2D eigenvalue weighted by Crippen LogP contribution is -2.40. The van der Waals surface area contributed by atoms with Crippen LogP contribution in [-0.4, -0.2) is 29.6 Å². The van der Waals surface area contributed by atoms with Crippen LogP contribution in [0.1, 0.15) is 24.1 Å². The maximum Gasteiger partial charge on any atom is 0.271 e. The van der Waals surface area contributed by atoms with Gasteiger partial charge in [0.25, 0.3) is 17.2 Å². The lowest BCUT2D eigenvalue weighted by Gasteiger charge is -2.26. The molecule has 0 spiro atoms. The van der Waals surface area contributed by atoms with Crippen molar-refractivity contribution in [1.29, 1.82) is 0 Å². The Balaban J connectivity index is 1.69. The number of anilines is 1. The minimum atomic E-state index is -0.847. The van der Waals surface area contributed by atoms with Gasteiger partial charge in [-0.2, -0.15) is 0 Å². The van der Waals surface area contributed by atoms with Gasteiger partial charge in [0.15, 0.2) is 4.80 Å². The number of benzene rings is 3. The van der Waals surface area contributed by atoms with Gasteiger partial charge in [0.1, 0.15) is 17.5 Å². The first-order valence-electron chi connectivity index (χ1n) is 12.2. The molecular formula is C29H24N4O6S. The van der Waals surface area contributed by atoms with Gasteiger partial charge in [0.2, 0.25) is 0 Å². The van der Waals surface area contributed by atoms with Crippen LogP contribution in [0.4, 0.5) is 11.4 Å². The van der Waals surface area contributed by atoms with Crippen molar-refractivity contribution >= 4 is 34.7 Å². The molecule has 0 saturated heterocycles. The molecule has 0 bridgehead atoms. The average molecular weight is 557 g/mol. The lowest BCUT2D eigenvalue weighted by molar-refractivity contribution is -0.384. The summed E-state index contributed by atoms with van der Waals surface area (Å²) in [5, 5.41) is 13.9. The van der Waals surface area contributed by atoms with E-state index in [2.05, 4.69) is 10.3 Å². The fourth-order valence-corrected chi connectivity index (χ4v) is 5.56. The number of non-ortho nitro benzene ring substituents is 1. The highest BCUT2D eigenvalue weighted by atomic mass is 32.1. The number of allylic oxidation sites excluding steroid dienone is 1. The number of carbonyl (C=O) groups excluding carboxylic acids is 1. The van der Waals surface area contributed by atoms with Gasteiger partial charge in [0, 0.05) is 29.4 Å². The summed E-state index contributed by atoms with van der Waals surface area (Å²) in [5.74, 6) is 0.594. The fourth-order valence-electron chi connectivity index (χ4n) is 4.51. The molecule has 5 rings (SSSR count). The van der Waals surface area contributed by atoms with Crippen LogP contribution in [0.15, 0.2) is 93.9 Å². The molecule has 1 N–H and O–H groups in total. The van der Waals surface area contributed by atoms with Crippen molar-refractivity contribution in [2.75, 3.05) is 19.5 Å². The van der Waals surface area contributed by atoms with Crippen LogP contribution in [0.5, 0.6) is 11.5 Å². The van der Waals surface area contributed by atoms with Gasteiger partial charge in [-0.15, -0.1) is 0 Å². The predicted octanol–water partition coefficient (Wildman–Crippen LogP) is 3.80. The molecule has 1 aliphatic rings. The van der Waals surface area contributed by atoms with Gasteiger partial charge in [0.05, 0.1) is 34.9 Å². The second-order valence-corrected chi connectivity index (χ2v) is 9.87. The van der Waals surface area contributed by atoms with E-state index in [0.717, 1.165) is 0 Å². The number of hydrogen-bond donors (Lipinski definition) is 1. The summed E-state index contributed by atoms with van der Waals surface area (Å²) < 4.78 is 12.9. The number of nitro groups is 1. The zero-order chi connectivity index (χ0) is 28.4. The number of nitrogens with one attached hydrogen (secondary N) is 1. The van der Waals surface area contributed by atoms with E-state index in [9.17, 15) is 19.7 Å². The highest BCUT2D eigenvalue weighted by molar-refractivity contribution is 7.07. The first-order chi connectivity index (χ1) is 19.3. The van der Waals surface area contributed by atoms with Crippen molar-refractivity contribution in [3.8, 4) is 11.5 Å². The summed E-state index contributed by atoms with van der Waals surface area (Å²) in [6.07, 6.45) is 1.65. The zero-order valence-corrected chi connectivity index (χ0v) is 22.6. The third-order valence-corrected chi connectivity index (χ3v) is 7.42. The van der Waals surface area contributed by atoms with Gasteiger partial charge in [-0.1, -0.05) is 29.5 Å². The molecular weight excluding hydrogens is 532 g/mol. The van der Waals surface area contributed by atoms with Crippen molar-refractivity contribution in [1.82, 2.24) is 4.57 Å². The third kappa shape index (κ3) is 5.02. The summed E-state index contributed by atoms with van der Waals surface area (Å²) in [5.41, 5.74) is 2.15. The zero-order valence-electron chi connectivity index (χ0n) is 21.8. The molecule has 4 aromatic rings. The third-order valence-electron chi connectivity index (χ3n) is 6.43. The standard InChI is InChI=1S/C29H24N4O6S/c1-17-25(27(34)31-19-7-5-4-6-8-19)26(22-14-13-21(38-2)16-23(22)39-3)32-28(35)24(40-29(32)30-17)15-18-9-11-20(12-10-18)33(36)37/h4-16,26H,1-3H3,(H,31,34)/b24-15-/t26-/m0/s1. The van der Waals surface area contributed by atoms with E-state index in [4.69, 9.17) is 9.47 Å². The summed E-state index contributed by atoms with van der Waals surface area (Å²) in [6.45, 7) is 1.73. The number of fused-ring (bicyclic) bond motifs is 1. The quantitative estimate of drug-likeness (QED) is 0.273. The Bertz CT molecular complexity index is 1820. The van der Waals surface area contributed by atoms with E-state index < -0.39 is 16.9 Å². The molecule has 0 radical (unpaired) electrons. The molecule has 3 aromatic carbocycles. The minimum Gasteiger partial charge on any atom is -0.497 e. The van der Waals surface area contributed by atoms with Crippen LogP contribution in [0, 0.1) is 10.1 Å². The molecule has 11 heteroatoms. The molecule has 10 nitrogen and oxygen atoms in total. The summed E-state index contributed by atoms with van der Waals surface area (Å²) >= 11 is 1.17. The lowest BCUT2D eigenvalue weighted by atomic mass is 9.94. The first kappa shape index (κ1) is 26.6. The predicted molar refractivity (Wildman–Crippen MR) is 151 cm³/mol. The Kier molecular flexibility index (Phi) is 7.30. The van der Waals surface area contributed by atoms with Gasteiger partial charge in [-0.25, -0.2) is 4.99 Å². The van der Waals surface area contributed by atoms with Crippen molar-refractivity contribution < 1.29 is 19.2 Å². The number of ether oxygens (including phenoxy) is 2. The molecule has 1 aromatic heterocycles. The van der Waals surface area contributed by atoms with Crippen LogP contribution in [0.25, 0.3) is 6.08 Å². The van der Waals surface area contributed by atoms with E-state index in [0.29, 0.717) is 48.9 Å². The van der Waals surface area contributed by atoms with E-state index >= 15 is 0 Å². The minimum absolute atomic E-state index is 0.0464. The fraction of sp³-hybridized carbons (Fsp3) is 0.138. The normalized spacial score (nSPS) is 14.8. The summed E-state index contributed by atoms with van der Waals surface area (Å²) in [4.78, 5) is 43.2. The van der Waals surface area contributed by atoms with E-state index in [-0.39, 0.29) is 11.2 Å². The van der Waals surface area contributed by atoms with Crippen LogP contribution in [0.2, 0.25) is 0 Å². The molecule has 0 fully saturated rings. The maximum absolute atomic E-state index is 13.9. The molecule has 1 atom stereocenters. The molecule has 2 heterocycles. The SMILES string of the molecule is COc1ccc([C@H]2C(C(=O)Nc3ccccc3)=C(C)N=c3s/c(=C\c4ccc([N+](=O)[O-])cc4)c(=O)n32)c(OC)c1. The van der Waals surface area contributed by atoms with Gasteiger partial charge < -0.3 is 14.8 Å². The number of para-hydroxylation sites is 1. The Morgan fingerprint density at radius 1 is 1.07 bits per heavy atom. The van der Waals surface area contributed by atoms with Gasteiger partial charge in [-0.05, 0) is 55.0 Å². The van der Waals surface area contributed by atoms with Crippen molar-refractivity contribution in [3.05, 3.63) is 125 Å². The Labute approximate surface area is 232 Å². The molecule has 1 aliphatic heterocycles. The number of aromatic nitrogens is 1. The highest BCUT2D eigenvalue weighted by Gasteiger charge is 2.34. The Hall–Kier alpha value is -5.03. The van der Waals surface area contributed by atoms with E-state index in [1.165, 1.54) is 35.1 Å². The summed E-state index contributed by atoms with van der Waals surface area (Å²) in [6, 6.07) is 19.3. The van der Waals surface area contributed by atoms with E-state index in [1.807, 2.05) is 18.2 Å². The topological polar surface area (TPSA) is 125 Å². The van der Waals surface area contributed by atoms with E-state index in [1.54, 1.807) is 62.6 Å². The number of thiazole rings is 1. The average Bonchev–Trinajstić information content (AvgIpc) is 3.26. The second kappa shape index (κ2) is 11.0. The van der Waals surface area contributed by atoms with Crippen LogP contribution in [0.3, 0.4) is 0 Å². The molecule has 0 unspecified atom stereocenters. The summed E-state index contributed by atoms with van der Waals surface area (Å²) in [7, 11) is 3.05. The smallest absolute Gasteiger partial charge is 0.271 e. The number of methoxy groups -OCH3 is 2. The molecule has 40 heavy (non-hydrogen) atoms. The number of hydrogen-bond acceptors (Lipinski definition) is 8. The Morgan fingerprint density at radius 2 is 1.80 bits per heavy atom. The number of nitrogens with zero attached hydrogens (tertiary/aromatic N) is 3. The number of amides is 1.